The zero-order chi connectivity index (χ0) is 13.8. The first-order valence-corrected chi connectivity index (χ1v) is 7.16. The quantitative estimate of drug-likeness (QED) is 0.713. The first-order valence-electron chi connectivity index (χ1n) is 6.03. The summed E-state index contributed by atoms with van der Waals surface area (Å²) in [6.07, 6.45) is 0. The maximum atomic E-state index is 13.8. The molecule has 0 spiro atoms. The molecular weight excluding hydrogens is 312 g/mol. The maximum absolute atomic E-state index is 13.8. The third-order valence-electron chi connectivity index (χ3n) is 2.97. The number of hydrogen-bond acceptors (Lipinski definition) is 1. The Morgan fingerprint density at radius 3 is 2.32 bits per heavy atom. The molecular formula is C15H14BrF2N. The fraction of sp³-hybridized carbons (Fsp3) is 0.200. The molecule has 0 saturated heterocycles. The number of hydrogen-bond donors (Lipinski definition) is 0. The standard InChI is InChI=1S/C15H14BrF2N/c1-2-19(12-8-6-11(17)7-9-12)15-5-3-4-14(18)13(15)10-16/h3-9H,2,10H2,1H3. The van der Waals surface area contributed by atoms with Gasteiger partial charge >= 0.3 is 0 Å². The van der Waals surface area contributed by atoms with Crippen molar-refractivity contribution in [3.05, 3.63) is 59.7 Å². The van der Waals surface area contributed by atoms with Crippen LogP contribution in [0.25, 0.3) is 0 Å². The lowest BCUT2D eigenvalue weighted by Gasteiger charge is -2.25. The first-order chi connectivity index (χ1) is 9.17. The van der Waals surface area contributed by atoms with Gasteiger partial charge in [0.1, 0.15) is 11.6 Å². The van der Waals surface area contributed by atoms with Crippen molar-refractivity contribution in [2.75, 3.05) is 11.4 Å². The average molecular weight is 326 g/mol. The van der Waals surface area contributed by atoms with Crippen LogP contribution in [0.15, 0.2) is 42.5 Å². The van der Waals surface area contributed by atoms with Crippen molar-refractivity contribution in [1.82, 2.24) is 0 Å². The molecule has 0 aromatic heterocycles. The van der Waals surface area contributed by atoms with Gasteiger partial charge in [-0.25, -0.2) is 8.78 Å². The summed E-state index contributed by atoms with van der Waals surface area (Å²) in [5.74, 6) is -0.519. The van der Waals surface area contributed by atoms with Gasteiger partial charge in [-0.15, -0.1) is 0 Å². The molecule has 0 unspecified atom stereocenters. The minimum absolute atomic E-state index is 0.241. The highest BCUT2D eigenvalue weighted by atomic mass is 79.9. The van der Waals surface area contributed by atoms with E-state index in [9.17, 15) is 8.78 Å². The molecule has 0 aliphatic rings. The van der Waals surface area contributed by atoms with Gasteiger partial charge in [0.05, 0.1) is 0 Å². The molecule has 0 N–H and O–H groups in total. The largest absolute Gasteiger partial charge is 0.341 e. The molecule has 2 aromatic rings. The topological polar surface area (TPSA) is 3.24 Å². The molecule has 0 radical (unpaired) electrons. The number of halogens is 3. The predicted octanol–water partition coefficient (Wildman–Crippen LogP) is 5.02. The summed E-state index contributed by atoms with van der Waals surface area (Å²) in [4.78, 5) is 1.96. The van der Waals surface area contributed by atoms with Gasteiger partial charge in [0.25, 0.3) is 0 Å². The average Bonchev–Trinajstić information content (AvgIpc) is 2.42. The molecule has 0 saturated carbocycles. The summed E-state index contributed by atoms with van der Waals surface area (Å²) < 4.78 is 26.8. The number of alkyl halides is 1. The zero-order valence-electron chi connectivity index (χ0n) is 10.5. The predicted molar refractivity (Wildman–Crippen MR) is 78.1 cm³/mol. The summed E-state index contributed by atoms with van der Waals surface area (Å²) >= 11 is 3.31. The molecule has 0 heterocycles. The van der Waals surface area contributed by atoms with Gasteiger partial charge in [0, 0.05) is 28.8 Å². The molecule has 0 atom stereocenters. The third kappa shape index (κ3) is 2.95. The molecule has 19 heavy (non-hydrogen) atoms. The van der Waals surface area contributed by atoms with Gasteiger partial charge in [-0.05, 0) is 43.3 Å². The Labute approximate surface area is 120 Å². The maximum Gasteiger partial charge on any atom is 0.129 e. The van der Waals surface area contributed by atoms with E-state index in [2.05, 4.69) is 15.9 Å². The van der Waals surface area contributed by atoms with E-state index < -0.39 is 0 Å². The van der Waals surface area contributed by atoms with Crippen molar-refractivity contribution >= 4 is 27.3 Å². The van der Waals surface area contributed by atoms with Crippen molar-refractivity contribution in [2.24, 2.45) is 0 Å². The number of nitrogens with zero attached hydrogens (tertiary/aromatic N) is 1. The van der Waals surface area contributed by atoms with E-state index in [1.165, 1.54) is 18.2 Å². The van der Waals surface area contributed by atoms with Gasteiger partial charge < -0.3 is 4.90 Å². The number of anilines is 2. The molecule has 0 bridgehead atoms. The molecule has 0 aliphatic carbocycles. The van der Waals surface area contributed by atoms with Crippen LogP contribution in [0.4, 0.5) is 20.2 Å². The third-order valence-corrected chi connectivity index (χ3v) is 3.53. The Kier molecular flexibility index (Phi) is 4.53. The van der Waals surface area contributed by atoms with Crippen molar-refractivity contribution in [3.63, 3.8) is 0 Å². The SMILES string of the molecule is CCN(c1ccc(F)cc1)c1cccc(F)c1CBr. The van der Waals surface area contributed by atoms with E-state index in [4.69, 9.17) is 0 Å². The van der Waals surface area contributed by atoms with Gasteiger partial charge in [-0.2, -0.15) is 0 Å². The first kappa shape index (κ1) is 14.0. The molecule has 0 aliphatic heterocycles. The van der Waals surface area contributed by atoms with Crippen LogP contribution >= 0.6 is 15.9 Å². The molecule has 0 fully saturated rings. The normalized spacial score (nSPS) is 10.5. The van der Waals surface area contributed by atoms with Crippen LogP contribution < -0.4 is 4.90 Å². The number of benzene rings is 2. The van der Waals surface area contributed by atoms with Crippen LogP contribution in [0.1, 0.15) is 12.5 Å². The van der Waals surface area contributed by atoms with Crippen LogP contribution in [-0.4, -0.2) is 6.54 Å². The second kappa shape index (κ2) is 6.15. The molecule has 1 nitrogen and oxygen atoms in total. The molecule has 2 rings (SSSR count). The highest BCUT2D eigenvalue weighted by Crippen LogP contribution is 2.31. The van der Waals surface area contributed by atoms with Crippen LogP contribution in [0.3, 0.4) is 0 Å². The zero-order valence-corrected chi connectivity index (χ0v) is 12.1. The molecule has 0 amide bonds. The fourth-order valence-corrected chi connectivity index (χ4v) is 2.60. The summed E-state index contributed by atoms with van der Waals surface area (Å²) in [5.41, 5.74) is 2.25. The Morgan fingerprint density at radius 2 is 1.74 bits per heavy atom. The van der Waals surface area contributed by atoms with Crippen molar-refractivity contribution in [2.45, 2.75) is 12.3 Å². The van der Waals surface area contributed by atoms with Gasteiger partial charge in [-0.3, -0.25) is 0 Å². The van der Waals surface area contributed by atoms with Crippen LogP contribution in [-0.2, 0) is 5.33 Å². The molecule has 2 aromatic carbocycles. The second-order valence-electron chi connectivity index (χ2n) is 4.09. The summed E-state index contributed by atoms with van der Waals surface area (Å²) in [5, 5.41) is 0.437. The highest BCUT2D eigenvalue weighted by molar-refractivity contribution is 9.08. The minimum Gasteiger partial charge on any atom is -0.341 e. The minimum atomic E-state index is -0.278. The molecule has 100 valence electrons. The smallest absolute Gasteiger partial charge is 0.129 e. The van der Waals surface area contributed by atoms with E-state index in [1.807, 2.05) is 17.9 Å². The Hall–Kier alpha value is -1.42. The highest BCUT2D eigenvalue weighted by Gasteiger charge is 2.14. The van der Waals surface area contributed by atoms with Gasteiger partial charge in [0.15, 0.2) is 0 Å². The summed E-state index contributed by atoms with van der Waals surface area (Å²) in [6.45, 7) is 2.65. The van der Waals surface area contributed by atoms with Crippen molar-refractivity contribution < 1.29 is 8.78 Å². The lowest BCUT2D eigenvalue weighted by atomic mass is 10.1. The Bertz CT molecular complexity index is 555. The van der Waals surface area contributed by atoms with Crippen molar-refractivity contribution in [1.29, 1.82) is 0 Å². The summed E-state index contributed by atoms with van der Waals surface area (Å²) in [7, 11) is 0. The van der Waals surface area contributed by atoms with Gasteiger partial charge in [-0.1, -0.05) is 22.0 Å². The van der Waals surface area contributed by atoms with Crippen LogP contribution in [0, 0.1) is 11.6 Å². The van der Waals surface area contributed by atoms with Crippen molar-refractivity contribution in [3.8, 4) is 0 Å². The van der Waals surface area contributed by atoms with E-state index >= 15 is 0 Å². The lowest BCUT2D eigenvalue weighted by Crippen LogP contribution is -2.18. The lowest BCUT2D eigenvalue weighted by molar-refractivity contribution is 0.617. The number of rotatable bonds is 4. The van der Waals surface area contributed by atoms with Gasteiger partial charge in [0.2, 0.25) is 0 Å². The second-order valence-corrected chi connectivity index (χ2v) is 4.65. The monoisotopic (exact) mass is 325 g/mol. The van der Waals surface area contributed by atoms with Crippen LogP contribution in [0.2, 0.25) is 0 Å². The van der Waals surface area contributed by atoms with E-state index in [1.54, 1.807) is 18.2 Å². The van der Waals surface area contributed by atoms with E-state index in [0.717, 1.165) is 11.4 Å². The fourth-order valence-electron chi connectivity index (χ4n) is 2.05. The Balaban J connectivity index is 2.48. The summed E-state index contributed by atoms with van der Waals surface area (Å²) in [6, 6.07) is 11.2. The van der Waals surface area contributed by atoms with E-state index in [-0.39, 0.29) is 11.6 Å². The molecule has 4 heteroatoms. The Morgan fingerprint density at radius 1 is 1.05 bits per heavy atom. The van der Waals surface area contributed by atoms with Crippen LogP contribution in [0.5, 0.6) is 0 Å². The van der Waals surface area contributed by atoms with E-state index in [0.29, 0.717) is 17.4 Å².